The molecule has 0 saturated heterocycles. The lowest BCUT2D eigenvalue weighted by molar-refractivity contribution is 0.301. The molecule has 10 heavy (non-hydrogen) atoms. The van der Waals surface area contributed by atoms with E-state index in [2.05, 4.69) is 0 Å². The highest BCUT2D eigenvalue weighted by atomic mass is 32.2. The molecule has 0 unspecified atom stereocenters. The van der Waals surface area contributed by atoms with Gasteiger partial charge in [-0.1, -0.05) is 0 Å². The second kappa shape index (κ2) is 11.4. The lowest BCUT2D eigenvalue weighted by atomic mass is 10.5. The number of rotatable bonds is 2. The Kier molecular flexibility index (Phi) is 14.0. The molecular formula is C4H10O5S. The Bertz CT molecular complexity index is 97.8. The van der Waals surface area contributed by atoms with Gasteiger partial charge in [-0.2, -0.15) is 4.21 Å². The molecule has 0 aromatic carbocycles. The summed E-state index contributed by atoms with van der Waals surface area (Å²) in [5, 5.41) is 15.9. The van der Waals surface area contributed by atoms with Gasteiger partial charge < -0.3 is 10.2 Å². The summed E-state index contributed by atoms with van der Waals surface area (Å²) < 4.78 is 22.8. The van der Waals surface area contributed by atoms with Crippen molar-refractivity contribution in [1.82, 2.24) is 0 Å². The van der Waals surface area contributed by atoms with Crippen molar-refractivity contribution < 1.29 is 23.5 Å². The van der Waals surface area contributed by atoms with Crippen LogP contribution in [-0.4, -0.2) is 30.1 Å². The van der Waals surface area contributed by atoms with Gasteiger partial charge in [-0.05, 0) is 12.5 Å². The Morgan fingerprint density at radius 3 is 1.90 bits per heavy atom. The van der Waals surface area contributed by atoms with Crippen molar-refractivity contribution in [2.75, 3.05) is 6.61 Å². The third kappa shape index (κ3) is 49.5. The van der Waals surface area contributed by atoms with Crippen molar-refractivity contribution >= 4 is 11.4 Å². The Morgan fingerprint density at radius 2 is 1.80 bits per heavy atom. The molecule has 0 rings (SSSR count). The number of hydrogen-bond acceptors (Lipinski definition) is 3. The zero-order valence-corrected chi connectivity index (χ0v) is 5.99. The van der Waals surface area contributed by atoms with Crippen molar-refractivity contribution in [1.29, 1.82) is 0 Å². The van der Waals surface area contributed by atoms with E-state index >= 15 is 0 Å². The zero-order valence-electron chi connectivity index (χ0n) is 5.17. The maximum Gasteiger partial charge on any atom is 0.299 e. The molecule has 6 heteroatoms. The summed E-state index contributed by atoms with van der Waals surface area (Å²) >= 11 is -2.61. The first-order valence-electron chi connectivity index (χ1n) is 2.35. The summed E-state index contributed by atoms with van der Waals surface area (Å²) in [4.78, 5) is 0. The number of hydrogen-bond donors (Lipinski definition) is 4. The van der Waals surface area contributed by atoms with Crippen molar-refractivity contribution in [3.63, 3.8) is 0 Å². The first kappa shape index (κ1) is 12.3. The monoisotopic (exact) mass is 170 g/mol. The van der Waals surface area contributed by atoms with Gasteiger partial charge >= 0.3 is 0 Å². The minimum atomic E-state index is -2.61. The van der Waals surface area contributed by atoms with E-state index in [-0.39, 0.29) is 6.61 Å². The van der Waals surface area contributed by atoms with E-state index in [1.165, 1.54) is 6.08 Å². The Balaban J connectivity index is 0. The molecule has 0 aliphatic heterocycles. The molecule has 62 valence electrons. The molecule has 0 aromatic rings. The van der Waals surface area contributed by atoms with Crippen LogP contribution in [0, 0.1) is 0 Å². The fourth-order valence-electron chi connectivity index (χ4n) is 0.149. The summed E-state index contributed by atoms with van der Waals surface area (Å²) in [5.41, 5.74) is 0. The molecule has 0 aliphatic carbocycles. The molecule has 0 radical (unpaired) electrons. The fourth-order valence-corrected chi connectivity index (χ4v) is 0.149. The van der Waals surface area contributed by atoms with Crippen molar-refractivity contribution in [3.05, 3.63) is 12.3 Å². The first-order valence-corrected chi connectivity index (χ1v) is 3.41. The topological polar surface area (TPSA) is 98.0 Å². The highest BCUT2D eigenvalue weighted by Gasteiger charge is 1.67. The maximum atomic E-state index is 8.67. The van der Waals surface area contributed by atoms with Gasteiger partial charge in [0.15, 0.2) is 0 Å². The summed E-state index contributed by atoms with van der Waals surface area (Å²) in [5.74, 6) is 0. The second-order valence-electron chi connectivity index (χ2n) is 1.13. The van der Waals surface area contributed by atoms with Crippen LogP contribution in [0.15, 0.2) is 12.3 Å². The Labute approximate surface area is 61.1 Å². The van der Waals surface area contributed by atoms with Gasteiger partial charge in [0, 0.05) is 6.61 Å². The highest BCUT2D eigenvalue weighted by Crippen LogP contribution is 1.74. The minimum absolute atomic E-state index is 0.108. The van der Waals surface area contributed by atoms with Gasteiger partial charge in [0.2, 0.25) is 0 Å². The van der Waals surface area contributed by atoms with Crippen LogP contribution in [0.5, 0.6) is 0 Å². The fraction of sp³-hybridized carbons (Fsp3) is 0.500. The number of aliphatic hydroxyl groups is 2. The molecule has 0 saturated carbocycles. The Hall–Kier alpha value is -0.430. The van der Waals surface area contributed by atoms with Crippen LogP contribution >= 0.6 is 0 Å². The molecular weight excluding hydrogens is 160 g/mol. The van der Waals surface area contributed by atoms with E-state index in [4.69, 9.17) is 23.5 Å². The molecule has 0 fully saturated rings. The molecule has 0 aliphatic rings. The average Bonchev–Trinajstić information content (AvgIpc) is 1.82. The van der Waals surface area contributed by atoms with Gasteiger partial charge in [-0.15, -0.1) is 0 Å². The van der Waals surface area contributed by atoms with Crippen molar-refractivity contribution in [2.45, 2.75) is 6.42 Å². The van der Waals surface area contributed by atoms with Crippen LogP contribution in [0.25, 0.3) is 0 Å². The average molecular weight is 170 g/mol. The molecule has 4 N–H and O–H groups in total. The molecule has 5 nitrogen and oxygen atoms in total. The normalized spacial score (nSPS) is 9.60. The van der Waals surface area contributed by atoms with E-state index in [0.29, 0.717) is 6.42 Å². The summed E-state index contributed by atoms with van der Waals surface area (Å²) in [7, 11) is 0. The molecule has 0 heterocycles. The van der Waals surface area contributed by atoms with Crippen molar-refractivity contribution in [2.24, 2.45) is 0 Å². The Morgan fingerprint density at radius 1 is 1.40 bits per heavy atom. The smallest absolute Gasteiger partial charge is 0.299 e. The highest BCUT2D eigenvalue weighted by molar-refractivity contribution is 7.73. The van der Waals surface area contributed by atoms with Crippen LogP contribution in [-0.2, 0) is 11.4 Å². The third-order valence-corrected chi connectivity index (χ3v) is 0.401. The summed E-state index contributed by atoms with van der Waals surface area (Å²) in [6.07, 6.45) is 2.95. The van der Waals surface area contributed by atoms with Gasteiger partial charge in [0.25, 0.3) is 11.4 Å². The number of aliphatic hydroxyl groups excluding tert-OH is 2. The van der Waals surface area contributed by atoms with Gasteiger partial charge in [-0.25, -0.2) is 0 Å². The van der Waals surface area contributed by atoms with E-state index in [0.717, 1.165) is 6.26 Å². The SMILES string of the molecule is O=S(O)O.OC=CCCO. The molecule has 0 amide bonds. The molecule has 0 bridgehead atoms. The predicted molar refractivity (Wildman–Crippen MR) is 36.9 cm³/mol. The molecule has 0 spiro atoms. The van der Waals surface area contributed by atoms with Crippen LogP contribution in [0.2, 0.25) is 0 Å². The molecule has 0 aromatic heterocycles. The lowest BCUT2D eigenvalue weighted by Gasteiger charge is -1.76. The van der Waals surface area contributed by atoms with E-state index < -0.39 is 11.4 Å². The van der Waals surface area contributed by atoms with E-state index in [9.17, 15) is 0 Å². The van der Waals surface area contributed by atoms with Crippen LogP contribution in [0.3, 0.4) is 0 Å². The standard InChI is InChI=1S/C4H8O2.H2O3S/c5-3-1-2-4-6;1-4(2)3/h1,3,5-6H,2,4H2;(H2,1,2,3). The van der Waals surface area contributed by atoms with Gasteiger partial charge in [-0.3, -0.25) is 9.11 Å². The zero-order chi connectivity index (χ0) is 8.41. The predicted octanol–water partition coefficient (Wildman–Crippen LogP) is 0.122. The van der Waals surface area contributed by atoms with E-state index in [1.807, 2.05) is 0 Å². The first-order chi connectivity index (χ1) is 4.65. The molecule has 0 atom stereocenters. The largest absolute Gasteiger partial charge is 0.516 e. The third-order valence-electron chi connectivity index (χ3n) is 0.401. The van der Waals surface area contributed by atoms with Crippen LogP contribution in [0.4, 0.5) is 0 Å². The van der Waals surface area contributed by atoms with Crippen LogP contribution < -0.4 is 0 Å². The van der Waals surface area contributed by atoms with Gasteiger partial charge in [0.05, 0.1) is 6.26 Å². The minimum Gasteiger partial charge on any atom is -0.516 e. The summed E-state index contributed by atoms with van der Waals surface area (Å²) in [6.45, 7) is 0.108. The lowest BCUT2D eigenvalue weighted by Crippen LogP contribution is -1.74. The van der Waals surface area contributed by atoms with E-state index in [1.54, 1.807) is 0 Å². The maximum absolute atomic E-state index is 8.67. The summed E-state index contributed by atoms with van der Waals surface area (Å²) in [6, 6.07) is 0. The van der Waals surface area contributed by atoms with Gasteiger partial charge in [0.1, 0.15) is 0 Å². The second-order valence-corrected chi connectivity index (χ2v) is 1.59. The quantitative estimate of drug-likeness (QED) is 0.348. The van der Waals surface area contributed by atoms with Crippen LogP contribution in [0.1, 0.15) is 6.42 Å². The van der Waals surface area contributed by atoms with Crippen molar-refractivity contribution in [3.8, 4) is 0 Å².